The van der Waals surface area contributed by atoms with Crippen LogP contribution in [0.2, 0.25) is 0 Å². The van der Waals surface area contributed by atoms with Crippen molar-refractivity contribution >= 4 is 64.5 Å². The number of hydrogen-bond donors (Lipinski definition) is 6. The predicted octanol–water partition coefficient (Wildman–Crippen LogP) is 14.2. The fourth-order valence-corrected chi connectivity index (χ4v) is 10.8. The number of Topliss-reactive ketones (excluding diaryl/α,β-unsaturated/α-hetero) is 1. The highest BCUT2D eigenvalue weighted by molar-refractivity contribution is 7.58. The second-order valence-corrected chi connectivity index (χ2v) is 29.7. The smallest absolute Gasteiger partial charge is 0.358 e. The lowest BCUT2D eigenvalue weighted by molar-refractivity contribution is 0.0691. The molecule has 0 saturated carbocycles. The van der Waals surface area contributed by atoms with Crippen LogP contribution >= 0.6 is 29.7 Å². The molecule has 0 spiro atoms. The molecule has 5 aromatic carbocycles. The Morgan fingerprint density at radius 3 is 1.18 bits per heavy atom. The van der Waals surface area contributed by atoms with E-state index < -0.39 is 35.7 Å². The molecule has 23 nitrogen and oxygen atoms in total. The van der Waals surface area contributed by atoms with E-state index in [9.17, 15) is 27.8 Å². The minimum atomic E-state index is -2.78. The molecular formula is C62H88N8O15P4. The predicted molar refractivity (Wildman–Crippen MR) is 356 cm³/mol. The zero-order valence-corrected chi connectivity index (χ0v) is 56.4. The van der Waals surface area contributed by atoms with Gasteiger partial charge in [0.15, 0.2) is 43.2 Å². The molecule has 27 heteroatoms. The van der Waals surface area contributed by atoms with Crippen LogP contribution in [0, 0.1) is 13.8 Å². The third-order valence-electron chi connectivity index (χ3n) is 11.6. The highest BCUT2D eigenvalue weighted by Gasteiger charge is 2.21. The molecule has 0 aliphatic rings. The molecule has 3 atom stereocenters. The summed E-state index contributed by atoms with van der Waals surface area (Å²) in [7, 11) is -10.3. The lowest BCUT2D eigenvalue weighted by Gasteiger charge is -2.14. The van der Waals surface area contributed by atoms with Crippen molar-refractivity contribution < 1.29 is 70.2 Å². The van der Waals surface area contributed by atoms with E-state index in [-0.39, 0.29) is 53.7 Å². The van der Waals surface area contributed by atoms with Crippen molar-refractivity contribution in [3.05, 3.63) is 162 Å². The minimum Gasteiger partial charge on any atom is -0.508 e. The number of ether oxygens (including phenoxy) is 2. The van der Waals surface area contributed by atoms with Gasteiger partial charge in [0.1, 0.15) is 22.9 Å². The van der Waals surface area contributed by atoms with Crippen LogP contribution < -0.4 is 32.4 Å². The number of nitrogen functional groups attached to an aromatic ring is 4. The standard InChI is InChI=1S/C23H26N3O4P.C12H11N3O2.C10H16NO3P.C6H7NO.C6H15O3P.C5H13O2P/c1-4-30-31(3,28)15-29-19-11-7-17(8-12-19)13-21(27)22-23(24)25-14-20(26-22)18-9-5-16(2)6-10-18;1-7-2-4-8(5-3-7)9-6-14-11(13)10(15-9)12(16)17;1-3-14-15(2,12)8-13-10-6-4-9(11)5-7-10;7-5-1-3-6(8)4-2-5;1-4-8-10(7,6-3)9-5-2;1-4-7-8(3,6)5-2/h5-12,14H,4,13,15H2,1-3H3,(H2,24,25);2-6H,1H3,(H2,13,14)(H,16,17);4-7H,3,8,11H2,1-2H3;1-4,8H,7H2;4-6H2,1-3H3;4-5H2,1-3H3. The molecule has 2 aromatic heterocycles. The summed E-state index contributed by atoms with van der Waals surface area (Å²) in [6.45, 7) is 23.7. The van der Waals surface area contributed by atoms with Gasteiger partial charge in [0.2, 0.25) is 14.7 Å². The number of carboxylic acid groups (broad SMARTS) is 1. The van der Waals surface area contributed by atoms with E-state index in [2.05, 4.69) is 19.9 Å². The second-order valence-electron chi connectivity index (χ2n) is 19.3. The number of carboxylic acids is 1. The number of rotatable bonds is 24. The zero-order valence-electron chi connectivity index (χ0n) is 52.9. The third kappa shape index (κ3) is 31.2. The van der Waals surface area contributed by atoms with E-state index in [0.717, 1.165) is 27.8 Å². The summed E-state index contributed by atoms with van der Waals surface area (Å²) in [5, 5.41) is 17.6. The SMILES string of the molecule is CCOP(=O)(CC)OCC.CCOP(C)(=O)CC.CCOP(C)(=O)COc1ccc(CC(=O)c2nc(-c3ccc(C)cc3)cnc2N)cc1.CCOP(C)(=O)COc1ccc(N)cc1.Cc1ccc(-c2cnc(N)c(C(=O)O)n2)cc1.Nc1ccc(O)cc1. The molecule has 486 valence electrons. The molecule has 0 bridgehead atoms. The summed E-state index contributed by atoms with van der Waals surface area (Å²) in [6, 6.07) is 35.7. The number of hydrogen-bond acceptors (Lipinski definition) is 22. The minimum absolute atomic E-state index is 0.00293. The summed E-state index contributed by atoms with van der Waals surface area (Å²) in [4.78, 5) is 40.1. The van der Waals surface area contributed by atoms with Gasteiger partial charge in [-0.2, -0.15) is 0 Å². The topological polar surface area (TPSA) is 363 Å². The normalized spacial score (nSPS) is 12.6. The van der Waals surface area contributed by atoms with E-state index >= 15 is 0 Å². The average molecular weight is 1310 g/mol. The van der Waals surface area contributed by atoms with Crippen LogP contribution in [0.3, 0.4) is 0 Å². The van der Waals surface area contributed by atoms with Gasteiger partial charge in [-0.1, -0.05) is 85.6 Å². The van der Waals surface area contributed by atoms with E-state index in [0.29, 0.717) is 79.6 Å². The monoisotopic (exact) mass is 1310 g/mol. The van der Waals surface area contributed by atoms with Gasteiger partial charge >= 0.3 is 13.6 Å². The molecule has 7 aromatic rings. The zero-order chi connectivity index (χ0) is 66.8. The average Bonchev–Trinajstić information content (AvgIpc) is 2.17. The molecule has 2 heterocycles. The van der Waals surface area contributed by atoms with E-state index in [1.807, 2.05) is 76.2 Å². The summed E-state index contributed by atoms with van der Waals surface area (Å²) in [5.41, 5.74) is 29.3. The number of anilines is 4. The Labute approximate surface area is 523 Å². The van der Waals surface area contributed by atoms with Crippen molar-refractivity contribution in [1.29, 1.82) is 0 Å². The number of nitrogens with two attached hydrogens (primary N) is 4. The molecule has 3 unspecified atom stereocenters. The van der Waals surface area contributed by atoms with Gasteiger partial charge in [-0.3, -0.25) is 23.1 Å². The number of benzene rings is 5. The van der Waals surface area contributed by atoms with Crippen molar-refractivity contribution in [2.75, 3.05) is 101 Å². The molecule has 0 amide bonds. The van der Waals surface area contributed by atoms with Crippen molar-refractivity contribution in [2.24, 2.45) is 0 Å². The first-order valence-electron chi connectivity index (χ1n) is 28.4. The number of nitrogens with zero attached hydrogens (tertiary/aromatic N) is 4. The third-order valence-corrected chi connectivity index (χ3v) is 18.4. The largest absolute Gasteiger partial charge is 0.508 e. The maximum atomic E-state index is 12.8. The summed E-state index contributed by atoms with van der Waals surface area (Å²) in [5.74, 6) is 0.0821. The van der Waals surface area contributed by atoms with Gasteiger partial charge in [0, 0.05) is 61.2 Å². The maximum absolute atomic E-state index is 12.8. The number of phenols is 1. The highest BCUT2D eigenvalue weighted by Crippen LogP contribution is 2.47. The Bertz CT molecular complexity index is 3410. The van der Waals surface area contributed by atoms with Crippen LogP contribution in [0.5, 0.6) is 17.2 Å². The Kier molecular flexibility index (Phi) is 34.7. The van der Waals surface area contributed by atoms with Crippen LogP contribution in [0.15, 0.2) is 134 Å². The Morgan fingerprint density at radius 1 is 0.472 bits per heavy atom. The second kappa shape index (κ2) is 39.7. The highest BCUT2D eigenvalue weighted by atomic mass is 31.2. The molecule has 10 N–H and O–H groups in total. The quantitative estimate of drug-likeness (QED) is 0.0142. The molecule has 0 aliphatic heterocycles. The van der Waals surface area contributed by atoms with Crippen molar-refractivity contribution in [3.8, 4) is 39.8 Å². The van der Waals surface area contributed by atoms with Crippen molar-refractivity contribution in [1.82, 2.24) is 19.9 Å². The molecule has 0 saturated heterocycles. The molecule has 89 heavy (non-hydrogen) atoms. The Balaban J connectivity index is 0.000000396. The van der Waals surface area contributed by atoms with E-state index in [1.54, 1.807) is 134 Å². The fourth-order valence-electron chi connectivity index (χ4n) is 6.88. The maximum Gasteiger partial charge on any atom is 0.358 e. The number of aryl methyl sites for hydroxylation is 2. The lowest BCUT2D eigenvalue weighted by Crippen LogP contribution is -2.11. The van der Waals surface area contributed by atoms with Crippen LogP contribution in [-0.2, 0) is 47.3 Å². The summed E-state index contributed by atoms with van der Waals surface area (Å²) < 4.78 is 82.1. The van der Waals surface area contributed by atoms with Crippen LogP contribution in [-0.4, -0.2) is 120 Å². The number of ketones is 1. The number of carbonyl (C=O) groups excluding carboxylic acids is 1. The van der Waals surface area contributed by atoms with Crippen LogP contribution in [0.1, 0.15) is 86.1 Å². The fraction of sp³-hybridized carbons (Fsp3) is 0.355. The number of carbonyl (C=O) groups is 2. The van der Waals surface area contributed by atoms with Crippen LogP contribution in [0.4, 0.5) is 23.0 Å². The first kappa shape index (κ1) is 77.8. The Hall–Kier alpha value is -7.28. The Morgan fingerprint density at radius 2 is 0.831 bits per heavy atom. The number of aromatic hydroxyl groups is 1. The molecule has 0 fully saturated rings. The van der Waals surface area contributed by atoms with E-state index in [1.165, 1.54) is 6.20 Å². The van der Waals surface area contributed by atoms with E-state index in [4.69, 9.17) is 65.2 Å². The van der Waals surface area contributed by atoms with Crippen LogP contribution in [0.25, 0.3) is 22.5 Å². The van der Waals surface area contributed by atoms with Gasteiger partial charge < -0.3 is 65.2 Å². The summed E-state index contributed by atoms with van der Waals surface area (Å²) in [6.07, 6.45) is 4.34. The van der Waals surface area contributed by atoms with Crippen molar-refractivity contribution in [3.63, 3.8) is 0 Å². The first-order valence-corrected chi connectivity index (χ1v) is 36.9. The number of aromatic nitrogens is 4. The molecule has 7 rings (SSSR count). The lowest BCUT2D eigenvalue weighted by atomic mass is 10.1. The first-order chi connectivity index (χ1) is 42.0. The number of aromatic carboxylic acids is 1. The summed E-state index contributed by atoms with van der Waals surface area (Å²) >= 11 is 0. The van der Waals surface area contributed by atoms with Gasteiger partial charge in [-0.05, 0) is 115 Å². The molecule has 0 aliphatic carbocycles. The number of phenolic OH excluding ortho intramolecular Hbond substituents is 1. The molecule has 0 radical (unpaired) electrons. The van der Waals surface area contributed by atoms with Gasteiger partial charge in [0.05, 0.1) is 56.8 Å². The van der Waals surface area contributed by atoms with Crippen molar-refractivity contribution in [2.45, 2.75) is 68.7 Å². The van der Waals surface area contributed by atoms with Gasteiger partial charge in [-0.25, -0.2) is 24.7 Å². The van der Waals surface area contributed by atoms with Gasteiger partial charge in [0.25, 0.3) is 0 Å². The molecular weight excluding hydrogens is 1220 g/mol. The van der Waals surface area contributed by atoms with Gasteiger partial charge in [-0.15, -0.1) is 0 Å².